The Bertz CT molecular complexity index is 758. The lowest BCUT2D eigenvalue weighted by molar-refractivity contribution is -0.149. The van der Waals surface area contributed by atoms with Crippen LogP contribution in [0.15, 0.2) is 35.3 Å². The van der Waals surface area contributed by atoms with E-state index in [4.69, 9.17) is 9.73 Å². The second kappa shape index (κ2) is 6.42. The topological polar surface area (TPSA) is 53.9 Å². The summed E-state index contributed by atoms with van der Waals surface area (Å²) in [5.74, 6) is 1.30. The van der Waals surface area contributed by atoms with E-state index in [1.807, 2.05) is 11.9 Å². The van der Waals surface area contributed by atoms with Gasteiger partial charge in [-0.25, -0.2) is 0 Å². The van der Waals surface area contributed by atoms with Crippen LogP contribution in [0.1, 0.15) is 44.1 Å². The lowest BCUT2D eigenvalue weighted by Gasteiger charge is -2.36. The molecule has 5 heteroatoms. The van der Waals surface area contributed by atoms with Crippen molar-refractivity contribution in [1.29, 1.82) is 0 Å². The number of benzene rings is 1. The van der Waals surface area contributed by atoms with Crippen LogP contribution in [0.25, 0.3) is 0 Å². The highest BCUT2D eigenvalue weighted by molar-refractivity contribution is 6.01. The van der Waals surface area contributed by atoms with E-state index < -0.39 is 5.72 Å². The quantitative estimate of drug-likeness (QED) is 0.875. The summed E-state index contributed by atoms with van der Waals surface area (Å²) in [4.78, 5) is 20.1. The second-order valence-corrected chi connectivity index (χ2v) is 8.74. The van der Waals surface area contributed by atoms with Crippen molar-refractivity contribution in [3.8, 4) is 0 Å². The number of aliphatic imine (C=N–C) groups is 1. The number of carbonyl (C=O) groups excluding carboxylic acids is 1. The Hall–Kier alpha value is -1.72. The normalized spacial score (nSPS) is 39.3. The predicted octanol–water partition coefficient (Wildman–Crippen LogP) is 2.78. The molecule has 27 heavy (non-hydrogen) atoms. The molecule has 2 bridgehead atoms. The van der Waals surface area contributed by atoms with Crippen LogP contribution in [0.3, 0.4) is 0 Å². The van der Waals surface area contributed by atoms with Crippen molar-refractivity contribution in [2.24, 2.45) is 22.7 Å². The number of hydrogen-bond donors (Lipinski definition) is 1. The van der Waals surface area contributed by atoms with Gasteiger partial charge in [-0.05, 0) is 49.8 Å². The van der Waals surface area contributed by atoms with Gasteiger partial charge in [0.05, 0.1) is 5.71 Å². The first-order chi connectivity index (χ1) is 13.1. The van der Waals surface area contributed by atoms with Crippen molar-refractivity contribution in [3.05, 3.63) is 35.9 Å². The van der Waals surface area contributed by atoms with E-state index in [-0.39, 0.29) is 24.0 Å². The number of hydrogen-bond acceptors (Lipinski definition) is 4. The molecule has 1 aromatic rings. The number of amides is 1. The molecule has 5 rings (SSSR count). The summed E-state index contributed by atoms with van der Waals surface area (Å²) in [7, 11) is 1.91. The van der Waals surface area contributed by atoms with Gasteiger partial charge in [-0.3, -0.25) is 9.79 Å². The second-order valence-electron chi connectivity index (χ2n) is 8.74. The lowest BCUT2D eigenvalue weighted by Crippen LogP contribution is -2.51. The van der Waals surface area contributed by atoms with Crippen LogP contribution in [0.2, 0.25) is 0 Å². The Morgan fingerprint density at radius 1 is 1.19 bits per heavy atom. The molecule has 144 valence electrons. The highest BCUT2D eigenvalue weighted by Gasteiger charge is 2.61. The summed E-state index contributed by atoms with van der Waals surface area (Å²) in [6.07, 6.45) is 3.74. The van der Waals surface area contributed by atoms with Crippen molar-refractivity contribution in [2.45, 2.75) is 50.5 Å². The molecule has 1 N–H and O–H groups in total. The van der Waals surface area contributed by atoms with E-state index >= 15 is 0 Å². The Balaban J connectivity index is 1.53. The Labute approximate surface area is 161 Å². The maximum atomic E-state index is 13.1. The minimum absolute atomic E-state index is 0.0136. The van der Waals surface area contributed by atoms with E-state index in [9.17, 15) is 4.79 Å². The fourth-order valence-corrected chi connectivity index (χ4v) is 5.69. The molecule has 0 unspecified atom stereocenters. The Morgan fingerprint density at radius 2 is 1.93 bits per heavy atom. The highest BCUT2D eigenvalue weighted by atomic mass is 16.6. The third kappa shape index (κ3) is 2.59. The lowest BCUT2D eigenvalue weighted by atomic mass is 9.78. The summed E-state index contributed by atoms with van der Waals surface area (Å²) in [6, 6.07) is 10.6. The molecule has 0 aromatic heterocycles. The molecule has 5 atom stereocenters. The summed E-state index contributed by atoms with van der Waals surface area (Å²) >= 11 is 0. The average molecular weight is 367 g/mol. The van der Waals surface area contributed by atoms with E-state index in [0.29, 0.717) is 11.8 Å². The molecular formula is C22H29N3O2. The minimum atomic E-state index is -0.602. The number of carbonyl (C=O) groups is 1. The molecule has 1 spiro atoms. The molecule has 2 saturated heterocycles. The van der Waals surface area contributed by atoms with Crippen LogP contribution in [0, 0.1) is 17.8 Å². The molecule has 1 amide bonds. The van der Waals surface area contributed by atoms with Crippen LogP contribution in [-0.4, -0.2) is 48.6 Å². The number of ether oxygens (including phenoxy) is 1. The van der Waals surface area contributed by atoms with Gasteiger partial charge in [-0.15, -0.1) is 0 Å². The molecule has 1 saturated carbocycles. The van der Waals surface area contributed by atoms with Gasteiger partial charge in [0.15, 0.2) is 12.0 Å². The van der Waals surface area contributed by atoms with Crippen LogP contribution < -0.4 is 5.32 Å². The molecule has 1 aliphatic carbocycles. The van der Waals surface area contributed by atoms with E-state index in [1.165, 1.54) is 5.56 Å². The molecule has 3 aliphatic heterocycles. The average Bonchev–Trinajstić information content (AvgIpc) is 3.16. The van der Waals surface area contributed by atoms with Crippen molar-refractivity contribution < 1.29 is 9.53 Å². The van der Waals surface area contributed by atoms with Gasteiger partial charge in [-0.2, -0.15) is 0 Å². The zero-order valence-corrected chi connectivity index (χ0v) is 16.2. The van der Waals surface area contributed by atoms with Gasteiger partial charge in [0.2, 0.25) is 5.91 Å². The highest BCUT2D eigenvalue weighted by Crippen LogP contribution is 2.52. The van der Waals surface area contributed by atoms with Crippen LogP contribution in [0.5, 0.6) is 0 Å². The zero-order valence-electron chi connectivity index (χ0n) is 16.2. The maximum Gasteiger partial charge on any atom is 0.228 e. The van der Waals surface area contributed by atoms with Crippen LogP contribution in [0.4, 0.5) is 0 Å². The van der Waals surface area contributed by atoms with E-state index in [2.05, 4.69) is 42.6 Å². The fraction of sp³-hybridized carbons (Fsp3) is 0.636. The third-order valence-electron chi connectivity index (χ3n) is 7.43. The molecule has 4 aliphatic rings. The molecule has 0 radical (unpaired) electrons. The number of likely N-dealkylation sites (tertiary alicyclic amines) is 1. The summed E-state index contributed by atoms with van der Waals surface area (Å²) < 4.78 is 6.65. The zero-order chi connectivity index (χ0) is 18.6. The molecule has 5 nitrogen and oxygen atoms in total. The SMILES string of the molecule is C[C@H]1[C@@H]2C[C@@]3(O[C@H](C4CCNCC4)N=C3C[C@@H]1c1ccccc1)N(C)C2=O. The van der Waals surface area contributed by atoms with Gasteiger partial charge < -0.3 is 15.0 Å². The number of piperidine rings is 1. The maximum absolute atomic E-state index is 13.1. The molecule has 3 heterocycles. The van der Waals surface area contributed by atoms with Crippen molar-refractivity contribution >= 4 is 11.6 Å². The molecule has 1 aromatic carbocycles. The number of nitrogens with zero attached hydrogens (tertiary/aromatic N) is 2. The first-order valence-electron chi connectivity index (χ1n) is 10.4. The van der Waals surface area contributed by atoms with Gasteiger partial charge >= 0.3 is 0 Å². The van der Waals surface area contributed by atoms with Crippen molar-refractivity contribution in [1.82, 2.24) is 10.2 Å². The Morgan fingerprint density at radius 3 is 2.67 bits per heavy atom. The first kappa shape index (κ1) is 17.4. The van der Waals surface area contributed by atoms with Gasteiger partial charge in [0.25, 0.3) is 0 Å². The Kier molecular flexibility index (Phi) is 4.13. The van der Waals surface area contributed by atoms with Crippen LogP contribution >= 0.6 is 0 Å². The molecular weight excluding hydrogens is 338 g/mol. The van der Waals surface area contributed by atoms with Gasteiger partial charge in [-0.1, -0.05) is 37.3 Å². The number of nitrogens with one attached hydrogen (secondary N) is 1. The first-order valence-corrected chi connectivity index (χ1v) is 10.4. The van der Waals surface area contributed by atoms with Gasteiger partial charge in [0.1, 0.15) is 0 Å². The van der Waals surface area contributed by atoms with Crippen molar-refractivity contribution in [2.75, 3.05) is 20.1 Å². The minimum Gasteiger partial charge on any atom is -0.325 e. The number of fused-ring (bicyclic) bond motifs is 1. The molecule has 3 fully saturated rings. The monoisotopic (exact) mass is 367 g/mol. The summed E-state index contributed by atoms with van der Waals surface area (Å²) in [5.41, 5.74) is 1.81. The summed E-state index contributed by atoms with van der Waals surface area (Å²) in [5, 5.41) is 3.42. The van der Waals surface area contributed by atoms with Crippen molar-refractivity contribution in [3.63, 3.8) is 0 Å². The van der Waals surface area contributed by atoms with Crippen LogP contribution in [-0.2, 0) is 9.53 Å². The standard InChI is InChI=1S/C22H29N3O2/c1-14-17(15-6-4-3-5-7-15)12-19-22(13-18(14)21(26)25(22)2)27-20(24-19)16-8-10-23-11-9-16/h3-7,14,16-18,20,23H,8-13H2,1-2H3/t14-,17+,18+,20-,22+/m1/s1. The summed E-state index contributed by atoms with van der Waals surface area (Å²) in [6.45, 7) is 4.30. The van der Waals surface area contributed by atoms with E-state index in [1.54, 1.807) is 0 Å². The third-order valence-corrected chi connectivity index (χ3v) is 7.43. The van der Waals surface area contributed by atoms with E-state index in [0.717, 1.165) is 44.5 Å². The largest absolute Gasteiger partial charge is 0.325 e. The smallest absolute Gasteiger partial charge is 0.228 e. The predicted molar refractivity (Wildman–Crippen MR) is 104 cm³/mol. The van der Waals surface area contributed by atoms with Gasteiger partial charge in [0, 0.05) is 25.3 Å². The number of rotatable bonds is 2. The fourth-order valence-electron chi connectivity index (χ4n) is 5.69.